The average molecular weight is 261 g/mol. The Bertz CT molecular complexity index is 324. The molecule has 2 saturated heterocycles. The van der Waals surface area contributed by atoms with Gasteiger partial charge in [0.05, 0.1) is 6.54 Å². The number of cyclic esters (lactones) is 4. The molecule has 2 unspecified atom stereocenters. The lowest BCUT2D eigenvalue weighted by Gasteiger charge is -2.10. The zero-order chi connectivity index (χ0) is 13.0. The van der Waals surface area contributed by atoms with Crippen molar-refractivity contribution in [3.05, 3.63) is 0 Å². The average Bonchev–Trinajstić information content (AvgIpc) is 2.93. The van der Waals surface area contributed by atoms with E-state index in [-0.39, 0.29) is 26.4 Å². The Balaban J connectivity index is 1.57. The van der Waals surface area contributed by atoms with Crippen LogP contribution in [0.1, 0.15) is 0 Å². The topological polar surface area (TPSA) is 109 Å². The number of hydrogen-bond acceptors (Lipinski definition) is 8. The van der Waals surface area contributed by atoms with Crippen LogP contribution in [0, 0.1) is 0 Å². The maximum atomic E-state index is 11.2. The SMILES string of the molecule is O=C(NCC1COC(=O)O1)OCC1COC(=O)O1. The third-order valence-corrected chi connectivity index (χ3v) is 2.17. The summed E-state index contributed by atoms with van der Waals surface area (Å²) in [6.07, 6.45) is -3.35. The highest BCUT2D eigenvalue weighted by atomic mass is 16.8. The van der Waals surface area contributed by atoms with E-state index in [1.54, 1.807) is 0 Å². The van der Waals surface area contributed by atoms with Gasteiger partial charge in [0.15, 0.2) is 12.2 Å². The van der Waals surface area contributed by atoms with Gasteiger partial charge in [0.1, 0.15) is 19.8 Å². The number of ether oxygens (including phenoxy) is 5. The Morgan fingerprint density at radius 1 is 1.17 bits per heavy atom. The number of amides is 1. The number of carbonyl (C=O) groups is 3. The van der Waals surface area contributed by atoms with Crippen LogP contribution in [0.4, 0.5) is 14.4 Å². The minimum Gasteiger partial charge on any atom is -0.445 e. The molecule has 2 rings (SSSR count). The normalized spacial score (nSPS) is 25.8. The number of carbonyl (C=O) groups excluding carboxylic acids is 3. The minimum absolute atomic E-state index is 0.0557. The van der Waals surface area contributed by atoms with E-state index >= 15 is 0 Å². The van der Waals surface area contributed by atoms with Gasteiger partial charge in [-0.3, -0.25) is 0 Å². The van der Waals surface area contributed by atoms with Crippen LogP contribution >= 0.6 is 0 Å². The van der Waals surface area contributed by atoms with Crippen molar-refractivity contribution in [3.63, 3.8) is 0 Å². The maximum Gasteiger partial charge on any atom is 0.508 e. The van der Waals surface area contributed by atoms with Gasteiger partial charge in [-0.05, 0) is 0 Å². The summed E-state index contributed by atoms with van der Waals surface area (Å²) in [7, 11) is 0. The fraction of sp³-hybridized carbons (Fsp3) is 0.667. The van der Waals surface area contributed by atoms with Gasteiger partial charge in [-0.2, -0.15) is 0 Å². The predicted molar refractivity (Wildman–Crippen MR) is 51.8 cm³/mol. The van der Waals surface area contributed by atoms with E-state index < -0.39 is 30.6 Å². The Morgan fingerprint density at radius 3 is 2.33 bits per heavy atom. The molecule has 0 saturated carbocycles. The van der Waals surface area contributed by atoms with Crippen LogP contribution in [0.25, 0.3) is 0 Å². The molecule has 0 aliphatic carbocycles. The summed E-state index contributed by atoms with van der Waals surface area (Å²) in [6.45, 7) is 0.136. The second kappa shape index (κ2) is 5.43. The van der Waals surface area contributed by atoms with Crippen molar-refractivity contribution in [1.82, 2.24) is 5.32 Å². The Morgan fingerprint density at radius 2 is 1.78 bits per heavy atom. The maximum absolute atomic E-state index is 11.2. The second-order valence-electron chi connectivity index (χ2n) is 3.58. The molecule has 1 amide bonds. The molecule has 100 valence electrons. The summed E-state index contributed by atoms with van der Waals surface area (Å²) in [5.74, 6) is 0. The number of rotatable bonds is 4. The largest absolute Gasteiger partial charge is 0.508 e. The second-order valence-corrected chi connectivity index (χ2v) is 3.58. The van der Waals surface area contributed by atoms with Gasteiger partial charge in [0, 0.05) is 0 Å². The lowest BCUT2D eigenvalue weighted by molar-refractivity contribution is 0.0706. The van der Waals surface area contributed by atoms with E-state index in [1.165, 1.54) is 0 Å². The first-order valence-corrected chi connectivity index (χ1v) is 5.21. The molecule has 9 heteroatoms. The van der Waals surface area contributed by atoms with Crippen molar-refractivity contribution < 1.29 is 38.1 Å². The van der Waals surface area contributed by atoms with Crippen LogP contribution < -0.4 is 5.32 Å². The molecule has 2 fully saturated rings. The van der Waals surface area contributed by atoms with Crippen molar-refractivity contribution in [3.8, 4) is 0 Å². The van der Waals surface area contributed by atoms with Gasteiger partial charge < -0.3 is 29.0 Å². The summed E-state index contributed by atoms with van der Waals surface area (Å²) in [5.41, 5.74) is 0. The molecule has 2 aliphatic rings. The summed E-state index contributed by atoms with van der Waals surface area (Å²) < 4.78 is 23.1. The first-order valence-electron chi connectivity index (χ1n) is 5.21. The quantitative estimate of drug-likeness (QED) is 0.546. The molecule has 2 atom stereocenters. The first kappa shape index (κ1) is 12.3. The number of nitrogens with one attached hydrogen (secondary N) is 1. The molecule has 2 heterocycles. The fourth-order valence-electron chi connectivity index (χ4n) is 1.33. The number of hydrogen-bond donors (Lipinski definition) is 1. The molecular formula is C9H11NO8. The summed E-state index contributed by atoms with van der Waals surface area (Å²) in [5, 5.41) is 2.38. The van der Waals surface area contributed by atoms with E-state index in [1.807, 2.05) is 0 Å². The molecule has 0 aromatic carbocycles. The van der Waals surface area contributed by atoms with Crippen molar-refractivity contribution in [1.29, 1.82) is 0 Å². The van der Waals surface area contributed by atoms with Crippen molar-refractivity contribution in [2.75, 3.05) is 26.4 Å². The Labute approximate surface area is 101 Å². The third-order valence-electron chi connectivity index (χ3n) is 2.17. The van der Waals surface area contributed by atoms with E-state index in [9.17, 15) is 14.4 Å². The van der Waals surface area contributed by atoms with Crippen LogP contribution in [-0.4, -0.2) is 57.0 Å². The smallest absolute Gasteiger partial charge is 0.445 e. The third kappa shape index (κ3) is 3.40. The summed E-state index contributed by atoms with van der Waals surface area (Å²) >= 11 is 0. The molecule has 0 aromatic rings. The molecule has 2 aliphatic heterocycles. The highest BCUT2D eigenvalue weighted by Crippen LogP contribution is 2.07. The van der Waals surface area contributed by atoms with Crippen LogP contribution in [0.2, 0.25) is 0 Å². The van der Waals surface area contributed by atoms with Gasteiger partial charge in [0.2, 0.25) is 0 Å². The van der Waals surface area contributed by atoms with Crippen molar-refractivity contribution >= 4 is 18.4 Å². The summed E-state index contributed by atoms with van der Waals surface area (Å²) in [6, 6.07) is 0. The van der Waals surface area contributed by atoms with Crippen LogP contribution in [0.3, 0.4) is 0 Å². The number of alkyl carbamates (subject to hydrolysis) is 1. The summed E-state index contributed by atoms with van der Waals surface area (Å²) in [4.78, 5) is 32.4. The van der Waals surface area contributed by atoms with Crippen LogP contribution in [0.15, 0.2) is 0 Å². The molecule has 0 spiro atoms. The predicted octanol–water partition coefficient (Wildman–Crippen LogP) is -0.217. The van der Waals surface area contributed by atoms with Gasteiger partial charge in [-0.15, -0.1) is 0 Å². The standard InChI is InChI=1S/C9H11NO8/c11-7(10-1-5-2-15-8(12)17-5)14-3-6-4-16-9(13)18-6/h5-6H,1-4H2,(H,10,11). The van der Waals surface area contributed by atoms with E-state index in [0.717, 1.165) is 0 Å². The minimum atomic E-state index is -0.779. The molecule has 1 N–H and O–H groups in total. The molecular weight excluding hydrogens is 250 g/mol. The Hall–Kier alpha value is -2.19. The zero-order valence-electron chi connectivity index (χ0n) is 9.25. The monoisotopic (exact) mass is 261 g/mol. The molecule has 0 bridgehead atoms. The van der Waals surface area contributed by atoms with Crippen LogP contribution in [-0.2, 0) is 23.7 Å². The first-order chi connectivity index (χ1) is 8.63. The molecule has 0 radical (unpaired) electrons. The lowest BCUT2D eigenvalue weighted by atomic mass is 10.4. The van der Waals surface area contributed by atoms with E-state index in [2.05, 4.69) is 24.3 Å². The highest BCUT2D eigenvalue weighted by molar-refractivity contribution is 5.67. The van der Waals surface area contributed by atoms with E-state index in [0.29, 0.717) is 0 Å². The van der Waals surface area contributed by atoms with Crippen LogP contribution in [0.5, 0.6) is 0 Å². The van der Waals surface area contributed by atoms with E-state index in [4.69, 9.17) is 4.74 Å². The van der Waals surface area contributed by atoms with Crippen molar-refractivity contribution in [2.45, 2.75) is 12.2 Å². The molecule has 9 nitrogen and oxygen atoms in total. The fourth-order valence-corrected chi connectivity index (χ4v) is 1.33. The lowest BCUT2D eigenvalue weighted by Crippen LogP contribution is -2.35. The Kier molecular flexibility index (Phi) is 3.70. The van der Waals surface area contributed by atoms with Gasteiger partial charge >= 0.3 is 18.4 Å². The highest BCUT2D eigenvalue weighted by Gasteiger charge is 2.27. The molecule has 0 aromatic heterocycles. The zero-order valence-corrected chi connectivity index (χ0v) is 9.25. The van der Waals surface area contributed by atoms with Gasteiger partial charge in [0.25, 0.3) is 0 Å². The van der Waals surface area contributed by atoms with Gasteiger partial charge in [-0.25, -0.2) is 14.4 Å². The van der Waals surface area contributed by atoms with Gasteiger partial charge in [-0.1, -0.05) is 0 Å². The molecule has 18 heavy (non-hydrogen) atoms. The van der Waals surface area contributed by atoms with Crippen molar-refractivity contribution in [2.24, 2.45) is 0 Å².